The summed E-state index contributed by atoms with van der Waals surface area (Å²) in [5, 5.41) is 0. The molecule has 13 heavy (non-hydrogen) atoms. The van der Waals surface area contributed by atoms with Crippen LogP contribution in [0.1, 0.15) is 0 Å². The molecule has 0 saturated heterocycles. The Morgan fingerprint density at radius 3 is 1.38 bits per heavy atom. The van der Waals surface area contributed by atoms with Crippen LogP contribution < -0.4 is 0 Å². The van der Waals surface area contributed by atoms with E-state index in [4.69, 9.17) is 13.6 Å². The summed E-state index contributed by atoms with van der Waals surface area (Å²) in [4.78, 5) is 9.07. The topological polar surface area (TPSA) is 38.7 Å². The molecule has 0 rings (SSSR count). The van der Waals surface area contributed by atoms with E-state index in [-0.39, 0.29) is 9.76 Å². The normalized spacial score (nSPS) is 13.8. The second-order valence-corrected chi connectivity index (χ2v) is 14.6. The third kappa shape index (κ3) is 8.85. The van der Waals surface area contributed by atoms with Gasteiger partial charge in [-0.05, 0) is 39.3 Å². The summed E-state index contributed by atoms with van der Waals surface area (Å²) in [6, 6.07) is 0. The van der Waals surface area contributed by atoms with Gasteiger partial charge in [0.05, 0.1) is 0 Å². The molecule has 0 aliphatic rings. The third-order valence-electron chi connectivity index (χ3n) is 1.03. The monoisotopic (exact) mass is 236 g/mol. The van der Waals surface area contributed by atoms with Crippen molar-refractivity contribution in [3.63, 3.8) is 0 Å². The molecular formula is C7H20O3Si3. The van der Waals surface area contributed by atoms with Crippen LogP contribution >= 0.6 is 0 Å². The van der Waals surface area contributed by atoms with Gasteiger partial charge in [-0.2, -0.15) is 0 Å². The lowest BCUT2D eigenvalue weighted by molar-refractivity contribution is 0.0520. The van der Waals surface area contributed by atoms with Gasteiger partial charge in [-0.3, -0.25) is 0 Å². The second-order valence-electron chi connectivity index (χ2n) is 4.92. The van der Waals surface area contributed by atoms with Crippen LogP contribution in [0.5, 0.6) is 0 Å². The molecule has 0 saturated carbocycles. The molecule has 0 bridgehead atoms. The molecule has 3 nitrogen and oxygen atoms in total. The highest BCUT2D eigenvalue weighted by atomic mass is 28.4. The molecule has 0 aromatic rings. The molecular weight excluding hydrogens is 216 g/mol. The molecule has 78 valence electrons. The third-order valence-corrected chi connectivity index (χ3v) is 3.79. The Hall–Kier alpha value is 0.531. The summed E-state index contributed by atoms with van der Waals surface area (Å²) in [7, 11) is -3.47. The van der Waals surface area contributed by atoms with Crippen molar-refractivity contribution in [1.29, 1.82) is 0 Å². The minimum Gasteiger partial charge on any atom is -0.428 e. The van der Waals surface area contributed by atoms with Crippen molar-refractivity contribution >= 4 is 26.4 Å². The molecule has 0 amide bonds. The summed E-state index contributed by atoms with van der Waals surface area (Å²) in [5.41, 5.74) is 0. The van der Waals surface area contributed by atoms with Crippen LogP contribution in [-0.2, 0) is 8.85 Å². The summed E-state index contributed by atoms with van der Waals surface area (Å²) in [6.07, 6.45) is 0. The van der Waals surface area contributed by atoms with Crippen molar-refractivity contribution in [1.82, 2.24) is 0 Å². The molecule has 0 spiro atoms. The molecule has 0 aromatic heterocycles. The molecule has 0 aliphatic heterocycles. The smallest absolute Gasteiger partial charge is 0.293 e. The van der Waals surface area contributed by atoms with Gasteiger partial charge < -0.3 is 13.6 Å². The molecule has 0 atom stereocenters. The first kappa shape index (κ1) is 13.5. The Morgan fingerprint density at radius 1 is 0.923 bits per heavy atom. The first-order valence-corrected chi connectivity index (χ1v) is 12.2. The van der Waals surface area contributed by atoms with E-state index in [9.17, 15) is 0 Å². The summed E-state index contributed by atoms with van der Waals surface area (Å²) >= 11 is 0. The fourth-order valence-corrected chi connectivity index (χ4v) is 4.74. The average Bonchev–Trinajstić information content (AvgIpc) is 1.79. The van der Waals surface area contributed by atoms with Crippen molar-refractivity contribution in [2.24, 2.45) is 0 Å². The lowest BCUT2D eigenvalue weighted by atomic mass is 11.5. The van der Waals surface area contributed by atoms with E-state index in [0.717, 1.165) is 0 Å². The molecule has 6 heteroatoms. The van der Waals surface area contributed by atoms with Gasteiger partial charge in [0.25, 0.3) is 9.76 Å². The lowest BCUT2D eigenvalue weighted by Gasteiger charge is -2.29. The van der Waals surface area contributed by atoms with Crippen LogP contribution in [0.4, 0.5) is 0 Å². The molecule has 1 N–H and O–H groups in total. The number of hydrogen-bond donors (Lipinski definition) is 1. The van der Waals surface area contributed by atoms with Crippen molar-refractivity contribution in [3.05, 3.63) is 0 Å². The first-order chi connectivity index (χ1) is 5.64. The van der Waals surface area contributed by atoms with Crippen LogP contribution in [0.25, 0.3) is 0 Å². The molecule has 0 unspecified atom stereocenters. The standard InChI is InChI=1S/C7H20O3Si3/c1-12(2,3)9-7(11-8)10-13(4,5)6/h7-8H,1-6H3. The summed E-state index contributed by atoms with van der Waals surface area (Å²) in [5.74, 6) is -0.390. The van der Waals surface area contributed by atoms with Gasteiger partial charge in [-0.1, -0.05) is 0 Å². The van der Waals surface area contributed by atoms with Crippen molar-refractivity contribution in [3.8, 4) is 0 Å². The lowest BCUT2D eigenvalue weighted by Crippen LogP contribution is -2.43. The van der Waals surface area contributed by atoms with Gasteiger partial charge in [0.2, 0.25) is 0 Å². The highest BCUT2D eigenvalue weighted by molar-refractivity contribution is 6.71. The maximum Gasteiger partial charge on any atom is 0.293 e. The quantitative estimate of drug-likeness (QED) is 0.582. The van der Waals surface area contributed by atoms with E-state index in [0.29, 0.717) is 0 Å². The van der Waals surface area contributed by atoms with Crippen LogP contribution in [-0.4, -0.2) is 37.1 Å². The van der Waals surface area contributed by atoms with E-state index in [1.165, 1.54) is 0 Å². The van der Waals surface area contributed by atoms with Crippen LogP contribution in [0.15, 0.2) is 0 Å². The largest absolute Gasteiger partial charge is 0.428 e. The first-order valence-electron chi connectivity index (χ1n) is 4.39. The zero-order chi connectivity index (χ0) is 10.7. The van der Waals surface area contributed by atoms with Gasteiger partial charge in [0, 0.05) is 0 Å². The van der Waals surface area contributed by atoms with E-state index in [1.807, 2.05) is 0 Å². The number of rotatable bonds is 5. The van der Waals surface area contributed by atoms with Crippen molar-refractivity contribution in [2.45, 2.75) is 45.2 Å². The molecule has 0 aliphatic carbocycles. The Bertz CT molecular complexity index is 134. The van der Waals surface area contributed by atoms with Crippen LogP contribution in [0, 0.1) is 0 Å². The van der Waals surface area contributed by atoms with E-state index < -0.39 is 22.5 Å². The molecule has 0 heterocycles. The van der Waals surface area contributed by atoms with Gasteiger partial charge >= 0.3 is 0 Å². The van der Waals surface area contributed by atoms with E-state index in [1.54, 1.807) is 0 Å². The van der Waals surface area contributed by atoms with Gasteiger partial charge in [-0.15, -0.1) is 0 Å². The zero-order valence-corrected chi connectivity index (χ0v) is 12.3. The Morgan fingerprint density at radius 2 is 1.23 bits per heavy atom. The SMILES string of the molecule is C[Si](C)(C)OC(O[Si](C)(C)C)[Si]O. The van der Waals surface area contributed by atoms with Crippen molar-refractivity contribution in [2.75, 3.05) is 0 Å². The van der Waals surface area contributed by atoms with Gasteiger partial charge in [-0.25, -0.2) is 0 Å². The molecule has 2 radical (unpaired) electrons. The predicted molar refractivity (Wildman–Crippen MR) is 60.6 cm³/mol. The van der Waals surface area contributed by atoms with E-state index >= 15 is 0 Å². The highest BCUT2D eigenvalue weighted by Gasteiger charge is 2.27. The Balaban J connectivity index is 4.05. The second kappa shape index (κ2) is 4.85. The zero-order valence-electron chi connectivity index (χ0n) is 9.34. The minimum atomic E-state index is -1.60. The molecule has 0 aromatic carbocycles. The fourth-order valence-electron chi connectivity index (χ4n) is 0.719. The van der Waals surface area contributed by atoms with Gasteiger partial charge in [0.1, 0.15) is 5.91 Å². The minimum absolute atomic E-state index is 0.279. The average molecular weight is 236 g/mol. The number of hydrogen-bond acceptors (Lipinski definition) is 3. The summed E-state index contributed by atoms with van der Waals surface area (Å²) < 4.78 is 11.4. The Labute approximate surface area is 85.7 Å². The highest BCUT2D eigenvalue weighted by Crippen LogP contribution is 2.12. The van der Waals surface area contributed by atoms with Crippen LogP contribution in [0.2, 0.25) is 39.3 Å². The maximum atomic E-state index is 9.07. The van der Waals surface area contributed by atoms with Crippen LogP contribution in [0.3, 0.4) is 0 Å². The van der Waals surface area contributed by atoms with Gasteiger partial charge in [0.15, 0.2) is 16.6 Å². The summed E-state index contributed by atoms with van der Waals surface area (Å²) in [6.45, 7) is 12.5. The van der Waals surface area contributed by atoms with E-state index in [2.05, 4.69) is 39.3 Å². The Kier molecular flexibility index (Phi) is 5.05. The fraction of sp³-hybridized carbons (Fsp3) is 1.00. The molecule has 0 fully saturated rings. The maximum absolute atomic E-state index is 9.07. The van der Waals surface area contributed by atoms with Crippen molar-refractivity contribution < 1.29 is 13.6 Å². The predicted octanol–water partition coefficient (Wildman–Crippen LogP) is 1.58.